The van der Waals surface area contributed by atoms with E-state index in [9.17, 15) is 9.90 Å². The zero-order valence-electron chi connectivity index (χ0n) is 30.7. The van der Waals surface area contributed by atoms with E-state index in [1.807, 2.05) is 0 Å². The van der Waals surface area contributed by atoms with Crippen molar-refractivity contribution in [1.29, 1.82) is 0 Å². The van der Waals surface area contributed by atoms with Crippen molar-refractivity contribution in [1.82, 2.24) is 24.8 Å². The second-order valence-electron chi connectivity index (χ2n) is 13.5. The number of amides is 1. The molecule has 2 atom stereocenters. The molecule has 3 saturated heterocycles. The molecule has 1 amide bonds. The molecule has 0 radical (unpaired) electrons. The van der Waals surface area contributed by atoms with Crippen molar-refractivity contribution in [3.05, 3.63) is 60.6 Å². The van der Waals surface area contributed by atoms with E-state index in [1.165, 1.54) is 18.3 Å². The van der Waals surface area contributed by atoms with E-state index >= 15 is 4.39 Å². The standard InChI is InChI=1S/C38H41FN6O4/c1-6-25-28(39)14-13-24-11-8-12-26(31(24)25)32-34(48-5)33-27(21-40-32)35(43(4)22-29-37(3,47)17-20-45(29)30(46)7-2)42-36(41-33)49-23-38-15-9-18-44(38)19-10-16-38/h1,7-8,11-14,21,29,47H,2,9-10,15-20,22-23H2,3-5H3/t29-,37?/m1/s1/i5D3. The number of terminal acetylenes is 1. The van der Waals surface area contributed by atoms with Crippen LogP contribution >= 0.6 is 0 Å². The Balaban J connectivity index is 1.42. The summed E-state index contributed by atoms with van der Waals surface area (Å²) >= 11 is 0. The predicted octanol–water partition coefficient (Wildman–Crippen LogP) is 4.96. The number of rotatable bonds is 9. The van der Waals surface area contributed by atoms with Crippen LogP contribution in [0.3, 0.4) is 0 Å². The largest absolute Gasteiger partial charge is 0.492 e. The Hall–Kier alpha value is -4.79. The lowest BCUT2D eigenvalue weighted by Crippen LogP contribution is -2.51. The maximum absolute atomic E-state index is 15.1. The van der Waals surface area contributed by atoms with Crippen LogP contribution in [0.2, 0.25) is 0 Å². The molecule has 3 aliphatic heterocycles. The van der Waals surface area contributed by atoms with E-state index in [1.54, 1.807) is 48.0 Å². The van der Waals surface area contributed by atoms with Crippen LogP contribution in [0.5, 0.6) is 11.8 Å². The Morgan fingerprint density at radius 3 is 2.78 bits per heavy atom. The zero-order valence-corrected chi connectivity index (χ0v) is 27.7. The fourth-order valence-electron chi connectivity index (χ4n) is 8.05. The van der Waals surface area contributed by atoms with E-state index in [0.29, 0.717) is 47.1 Å². The van der Waals surface area contributed by atoms with Crippen molar-refractivity contribution < 1.29 is 27.9 Å². The Kier molecular flexibility index (Phi) is 7.49. The van der Waals surface area contributed by atoms with Gasteiger partial charge in [-0.05, 0) is 69.6 Å². The second kappa shape index (κ2) is 12.6. The van der Waals surface area contributed by atoms with Crippen LogP contribution in [-0.2, 0) is 4.79 Å². The highest BCUT2D eigenvalue weighted by Gasteiger charge is 2.46. The van der Waals surface area contributed by atoms with E-state index in [4.69, 9.17) is 35.0 Å². The lowest BCUT2D eigenvalue weighted by atomic mass is 9.95. The van der Waals surface area contributed by atoms with Gasteiger partial charge in [-0.25, -0.2) is 4.39 Å². The molecular weight excluding hydrogens is 623 g/mol. The van der Waals surface area contributed by atoms with E-state index < -0.39 is 24.5 Å². The number of likely N-dealkylation sites (tertiary alicyclic amines) is 1. The summed E-state index contributed by atoms with van der Waals surface area (Å²) in [5, 5.41) is 12.7. The first-order valence-corrected chi connectivity index (χ1v) is 16.6. The predicted molar refractivity (Wildman–Crippen MR) is 187 cm³/mol. The number of benzene rings is 2. The number of fused-ring (bicyclic) bond motifs is 3. The molecule has 3 aliphatic rings. The number of anilines is 1. The van der Waals surface area contributed by atoms with Crippen LogP contribution in [-0.4, -0.2) is 99.8 Å². The molecule has 3 fully saturated rings. The molecule has 5 heterocycles. The van der Waals surface area contributed by atoms with E-state index in [0.717, 1.165) is 38.8 Å². The monoisotopic (exact) mass is 667 g/mol. The number of aromatic nitrogens is 3. The minimum absolute atomic E-state index is 0.000464. The molecule has 11 heteroatoms. The minimum atomic E-state index is -2.94. The van der Waals surface area contributed by atoms with Crippen LogP contribution in [0.4, 0.5) is 10.2 Å². The van der Waals surface area contributed by atoms with Crippen molar-refractivity contribution in [2.24, 2.45) is 0 Å². The molecule has 2 aromatic carbocycles. The van der Waals surface area contributed by atoms with E-state index in [-0.39, 0.29) is 46.5 Å². The molecule has 1 unspecified atom stereocenters. The number of pyridine rings is 1. The average Bonchev–Trinajstić information content (AvgIpc) is 3.78. The SMILES string of the molecule is [2H]C([2H])([2H])Oc1c(-c2cccc3ccc(F)c(C#C)c23)ncc2c(N(C)C[C@H]3N(C(=O)C=C)CCC3(C)O)nc(OCC34CCCN3CCC4)nc12. The van der Waals surface area contributed by atoms with Gasteiger partial charge in [-0.2, -0.15) is 9.97 Å². The third kappa shape index (κ3) is 5.53. The van der Waals surface area contributed by atoms with Gasteiger partial charge in [0.25, 0.3) is 0 Å². The van der Waals surface area contributed by atoms with Gasteiger partial charge in [0.1, 0.15) is 29.5 Å². The molecule has 0 saturated carbocycles. The van der Waals surface area contributed by atoms with Gasteiger partial charge >= 0.3 is 6.01 Å². The molecule has 49 heavy (non-hydrogen) atoms. The normalized spacial score (nSPS) is 22.7. The molecule has 1 N–H and O–H groups in total. The number of likely N-dealkylation sites (N-methyl/N-ethyl adjacent to an activating group) is 1. The van der Waals surface area contributed by atoms with Crippen molar-refractivity contribution in [3.63, 3.8) is 0 Å². The lowest BCUT2D eigenvalue weighted by Gasteiger charge is -2.35. The van der Waals surface area contributed by atoms with Gasteiger partial charge < -0.3 is 24.4 Å². The number of carbonyl (C=O) groups excluding carboxylic acids is 1. The molecule has 4 aromatic rings. The highest BCUT2D eigenvalue weighted by atomic mass is 19.1. The topological polar surface area (TPSA) is 104 Å². The molecule has 7 rings (SSSR count). The summed E-state index contributed by atoms with van der Waals surface area (Å²) in [5.41, 5.74) is -0.795. The molecular formula is C38H41FN6O4. The Labute approximate surface area is 289 Å². The summed E-state index contributed by atoms with van der Waals surface area (Å²) in [6.45, 7) is 8.15. The van der Waals surface area contributed by atoms with E-state index in [2.05, 4.69) is 17.4 Å². The summed E-state index contributed by atoms with van der Waals surface area (Å²) in [7, 11) is -1.18. The first-order valence-electron chi connectivity index (χ1n) is 18.1. The average molecular weight is 668 g/mol. The van der Waals surface area contributed by atoms with Crippen LogP contribution in [0.1, 0.15) is 48.7 Å². The van der Waals surface area contributed by atoms with Crippen LogP contribution < -0.4 is 14.4 Å². The van der Waals surface area contributed by atoms with Crippen molar-refractivity contribution in [2.75, 3.05) is 51.8 Å². The fraction of sp³-hybridized carbons (Fsp3) is 0.421. The zero-order chi connectivity index (χ0) is 37.0. The molecule has 2 aromatic heterocycles. The highest BCUT2D eigenvalue weighted by Crippen LogP contribution is 2.43. The number of hydrogen-bond acceptors (Lipinski definition) is 9. The quantitative estimate of drug-likeness (QED) is 0.196. The molecule has 0 spiro atoms. The number of halogens is 1. The smallest absolute Gasteiger partial charge is 0.319 e. The first kappa shape index (κ1) is 29.2. The molecule has 10 nitrogen and oxygen atoms in total. The molecule has 254 valence electrons. The van der Waals surface area contributed by atoms with Crippen molar-refractivity contribution in [3.8, 4) is 35.4 Å². The first-order chi connectivity index (χ1) is 24.7. The summed E-state index contributed by atoms with van der Waals surface area (Å²) in [6, 6.07) is 7.45. The molecule has 0 bridgehead atoms. The van der Waals surface area contributed by atoms with Gasteiger partial charge in [-0.1, -0.05) is 36.8 Å². The van der Waals surface area contributed by atoms with Crippen molar-refractivity contribution >= 4 is 33.4 Å². The summed E-state index contributed by atoms with van der Waals surface area (Å²) < 4.78 is 51.7. The van der Waals surface area contributed by atoms with Crippen LogP contribution in [0.25, 0.3) is 32.9 Å². The maximum atomic E-state index is 15.1. The Morgan fingerprint density at radius 1 is 1.24 bits per heavy atom. The Bertz CT molecular complexity index is 2110. The Morgan fingerprint density at radius 2 is 2.04 bits per heavy atom. The highest BCUT2D eigenvalue weighted by molar-refractivity contribution is 6.04. The van der Waals surface area contributed by atoms with Gasteiger partial charge in [0, 0.05) is 37.3 Å². The van der Waals surface area contributed by atoms with Crippen LogP contribution in [0, 0.1) is 18.2 Å². The lowest BCUT2D eigenvalue weighted by molar-refractivity contribution is -0.128. The molecule has 0 aliphatic carbocycles. The van der Waals surface area contributed by atoms with Gasteiger partial charge in [0.05, 0.1) is 39.3 Å². The van der Waals surface area contributed by atoms with Gasteiger partial charge in [0.15, 0.2) is 5.75 Å². The third-order valence-electron chi connectivity index (χ3n) is 10.7. The van der Waals surface area contributed by atoms with Gasteiger partial charge in [-0.15, -0.1) is 6.42 Å². The number of carbonyl (C=O) groups is 1. The second-order valence-corrected chi connectivity index (χ2v) is 13.5. The summed E-state index contributed by atoms with van der Waals surface area (Å²) in [4.78, 5) is 33.0. The van der Waals surface area contributed by atoms with Crippen LogP contribution in [0.15, 0.2) is 49.2 Å². The fourth-order valence-corrected chi connectivity index (χ4v) is 8.05. The third-order valence-corrected chi connectivity index (χ3v) is 10.7. The maximum Gasteiger partial charge on any atom is 0.319 e. The minimum Gasteiger partial charge on any atom is -0.492 e. The van der Waals surface area contributed by atoms with Gasteiger partial charge in [-0.3, -0.25) is 14.7 Å². The van der Waals surface area contributed by atoms with Gasteiger partial charge in [0.2, 0.25) is 5.91 Å². The number of nitrogens with zero attached hydrogens (tertiary/aromatic N) is 6. The number of ether oxygens (including phenoxy) is 2. The summed E-state index contributed by atoms with van der Waals surface area (Å²) in [5.74, 6) is 1.67. The summed E-state index contributed by atoms with van der Waals surface area (Å²) in [6.07, 6.45) is 13.0. The number of aliphatic hydroxyl groups is 1. The van der Waals surface area contributed by atoms with Crippen molar-refractivity contribution in [2.45, 2.75) is 56.2 Å². The number of hydrogen-bond donors (Lipinski definition) is 1. The number of methoxy groups -OCH3 is 1.